The van der Waals surface area contributed by atoms with Crippen LogP contribution >= 0.6 is 0 Å². The molecule has 3 N–H and O–H groups in total. The molecule has 0 fully saturated rings. The van der Waals surface area contributed by atoms with E-state index in [0.29, 0.717) is 0 Å². The van der Waals surface area contributed by atoms with Crippen molar-refractivity contribution in [2.45, 2.75) is 33.7 Å². The monoisotopic (exact) mass is 189 g/mol. The van der Waals surface area contributed by atoms with Crippen LogP contribution in [0, 0.1) is 0 Å². The van der Waals surface area contributed by atoms with E-state index in [1.807, 2.05) is 27.7 Å². The molecule has 0 saturated carbocycles. The summed E-state index contributed by atoms with van der Waals surface area (Å²) < 4.78 is 0. The number of urea groups is 2. The van der Waals surface area contributed by atoms with E-state index >= 15 is 0 Å². The largest absolute Gasteiger partial charge is 0.341 e. The van der Waals surface area contributed by atoms with Gasteiger partial charge >= 0.3 is 12.1 Å². The molecule has 0 aliphatic carbocycles. The van der Waals surface area contributed by atoms with Crippen LogP contribution in [0.25, 0.3) is 0 Å². The minimum absolute atomic E-state index is 0.0275. The van der Waals surface area contributed by atoms with Crippen molar-refractivity contribution in [2.24, 2.45) is 0 Å². The highest BCUT2D eigenvalue weighted by molar-refractivity contribution is 5.93. The Morgan fingerprint density at radius 3 is 1.85 bits per heavy atom. The van der Waals surface area contributed by atoms with Crippen LogP contribution < -0.4 is 16.0 Å². The molecule has 5 nitrogen and oxygen atoms in total. The van der Waals surface area contributed by atoms with Crippen LogP contribution in [-0.4, -0.2) is 25.2 Å². The van der Waals surface area contributed by atoms with E-state index in [1.54, 1.807) is 0 Å². The van der Waals surface area contributed by atoms with E-state index in [1.165, 1.54) is 7.05 Å². The van der Waals surface area contributed by atoms with E-state index in [0.717, 1.165) is 0 Å². The summed E-state index contributed by atoms with van der Waals surface area (Å²) in [7, 11) is 1.44. The summed E-state index contributed by atoms with van der Waals surface area (Å²) in [6.07, 6.45) is 0. The molecule has 0 aromatic carbocycles. The predicted octanol–water partition coefficient (Wildman–Crippen LogP) is 1.06. The van der Waals surface area contributed by atoms with Gasteiger partial charge in [-0.15, -0.1) is 0 Å². The van der Waals surface area contributed by atoms with Crippen molar-refractivity contribution in [2.75, 3.05) is 7.05 Å². The van der Waals surface area contributed by atoms with Crippen molar-refractivity contribution in [1.82, 2.24) is 16.0 Å². The van der Waals surface area contributed by atoms with Gasteiger partial charge in [-0.3, -0.25) is 5.32 Å². The first-order chi connectivity index (χ1) is 6.06. The quantitative estimate of drug-likeness (QED) is 0.577. The molecule has 0 bridgehead atoms. The highest BCUT2D eigenvalue weighted by Gasteiger charge is 2.04. The van der Waals surface area contributed by atoms with Crippen molar-refractivity contribution >= 4 is 12.1 Å². The number of imide groups is 1. The molecule has 78 valence electrons. The standard InChI is InChI=1S/C6H13N3O2.C2H6/c1-4(2)8-6(11)9-5(10)7-3;1-2/h4H,1-3H3,(H3,7,8,9,10,11);1-2H3. The summed E-state index contributed by atoms with van der Waals surface area (Å²) in [4.78, 5) is 21.3. The highest BCUT2D eigenvalue weighted by atomic mass is 16.2. The van der Waals surface area contributed by atoms with Gasteiger partial charge in [0.15, 0.2) is 0 Å². The predicted molar refractivity (Wildman–Crippen MR) is 52.6 cm³/mol. The summed E-state index contributed by atoms with van der Waals surface area (Å²) in [6, 6.07) is -0.970. The SMILES string of the molecule is CC.CNC(=O)NC(=O)NC(C)C. The smallest absolute Gasteiger partial charge is 0.323 e. The molecule has 0 radical (unpaired) electrons. The van der Waals surface area contributed by atoms with Crippen LogP contribution in [0.5, 0.6) is 0 Å². The second-order valence-electron chi connectivity index (χ2n) is 2.33. The fourth-order valence-electron chi connectivity index (χ4n) is 0.464. The first-order valence-electron chi connectivity index (χ1n) is 4.35. The molecule has 0 aliphatic heterocycles. The van der Waals surface area contributed by atoms with Gasteiger partial charge in [-0.2, -0.15) is 0 Å². The Morgan fingerprint density at radius 2 is 1.54 bits per heavy atom. The number of carbonyl (C=O) groups excluding carboxylic acids is 2. The highest BCUT2D eigenvalue weighted by Crippen LogP contribution is 1.75. The molecule has 0 spiro atoms. The topological polar surface area (TPSA) is 70.2 Å². The van der Waals surface area contributed by atoms with Crippen molar-refractivity contribution < 1.29 is 9.59 Å². The molecular formula is C8H19N3O2. The number of amides is 4. The van der Waals surface area contributed by atoms with Gasteiger partial charge in [0.1, 0.15) is 0 Å². The van der Waals surface area contributed by atoms with Crippen LogP contribution in [0.15, 0.2) is 0 Å². The average molecular weight is 189 g/mol. The minimum Gasteiger partial charge on any atom is -0.341 e. The van der Waals surface area contributed by atoms with Crippen LogP contribution in [0.2, 0.25) is 0 Å². The molecule has 13 heavy (non-hydrogen) atoms. The Bertz CT molecular complexity index is 157. The lowest BCUT2D eigenvalue weighted by atomic mass is 10.4. The van der Waals surface area contributed by atoms with Crippen molar-refractivity contribution in [3.8, 4) is 0 Å². The van der Waals surface area contributed by atoms with Gasteiger partial charge in [0.25, 0.3) is 0 Å². The molecular weight excluding hydrogens is 170 g/mol. The van der Waals surface area contributed by atoms with Gasteiger partial charge in [0, 0.05) is 13.1 Å². The summed E-state index contributed by atoms with van der Waals surface area (Å²) in [6.45, 7) is 7.62. The summed E-state index contributed by atoms with van der Waals surface area (Å²) >= 11 is 0. The van der Waals surface area contributed by atoms with Gasteiger partial charge in [0.05, 0.1) is 0 Å². The molecule has 4 amide bonds. The van der Waals surface area contributed by atoms with Crippen LogP contribution in [-0.2, 0) is 0 Å². The zero-order valence-electron chi connectivity index (χ0n) is 8.89. The molecule has 0 atom stereocenters. The molecule has 0 unspecified atom stereocenters. The maximum atomic E-state index is 10.7. The van der Waals surface area contributed by atoms with Gasteiger partial charge in [0.2, 0.25) is 0 Å². The molecule has 0 rings (SSSR count). The van der Waals surface area contributed by atoms with E-state index in [4.69, 9.17) is 0 Å². The fourth-order valence-corrected chi connectivity index (χ4v) is 0.464. The van der Waals surface area contributed by atoms with Gasteiger partial charge in [-0.25, -0.2) is 9.59 Å². The third-order valence-corrected chi connectivity index (χ3v) is 0.874. The average Bonchev–Trinajstić information content (AvgIpc) is 2.06. The number of rotatable bonds is 1. The van der Waals surface area contributed by atoms with E-state index in [9.17, 15) is 9.59 Å². The normalized spacial score (nSPS) is 8.15. The fraction of sp³-hybridized carbons (Fsp3) is 0.750. The van der Waals surface area contributed by atoms with Crippen LogP contribution in [0.1, 0.15) is 27.7 Å². The second-order valence-corrected chi connectivity index (χ2v) is 2.33. The zero-order chi connectivity index (χ0) is 10.9. The molecule has 0 aliphatic rings. The van der Waals surface area contributed by atoms with Crippen LogP contribution in [0.3, 0.4) is 0 Å². The van der Waals surface area contributed by atoms with Crippen LogP contribution in [0.4, 0.5) is 9.59 Å². The number of nitrogens with one attached hydrogen (secondary N) is 3. The van der Waals surface area contributed by atoms with Gasteiger partial charge in [-0.1, -0.05) is 13.8 Å². The Kier molecular flexibility index (Phi) is 9.70. The van der Waals surface area contributed by atoms with E-state index in [2.05, 4.69) is 16.0 Å². The Morgan fingerprint density at radius 1 is 1.08 bits per heavy atom. The van der Waals surface area contributed by atoms with Gasteiger partial charge in [-0.05, 0) is 13.8 Å². The van der Waals surface area contributed by atoms with Gasteiger partial charge < -0.3 is 10.6 Å². The summed E-state index contributed by atoms with van der Waals surface area (Å²) in [5, 5.41) is 6.82. The zero-order valence-corrected chi connectivity index (χ0v) is 8.89. The van der Waals surface area contributed by atoms with E-state index in [-0.39, 0.29) is 6.04 Å². The lowest BCUT2D eigenvalue weighted by Gasteiger charge is -2.07. The third kappa shape index (κ3) is 10.7. The number of hydrogen-bond acceptors (Lipinski definition) is 2. The minimum atomic E-state index is -0.511. The van der Waals surface area contributed by atoms with Crippen molar-refractivity contribution in [3.63, 3.8) is 0 Å². The molecule has 0 aromatic rings. The Balaban J connectivity index is 0. The van der Waals surface area contributed by atoms with Crippen molar-refractivity contribution in [1.29, 1.82) is 0 Å². The molecule has 0 heterocycles. The summed E-state index contributed by atoms with van der Waals surface area (Å²) in [5.74, 6) is 0. The lowest BCUT2D eigenvalue weighted by Crippen LogP contribution is -2.45. The second kappa shape index (κ2) is 8.83. The summed E-state index contributed by atoms with van der Waals surface area (Å²) in [5.41, 5.74) is 0. The molecule has 5 heteroatoms. The first-order valence-corrected chi connectivity index (χ1v) is 4.35. The maximum Gasteiger partial charge on any atom is 0.323 e. The Labute approximate surface area is 79.3 Å². The van der Waals surface area contributed by atoms with Crippen molar-refractivity contribution in [3.05, 3.63) is 0 Å². The molecule has 0 aromatic heterocycles. The Hall–Kier alpha value is -1.26. The third-order valence-electron chi connectivity index (χ3n) is 0.874. The maximum absolute atomic E-state index is 10.7. The number of hydrogen-bond donors (Lipinski definition) is 3. The van der Waals surface area contributed by atoms with E-state index < -0.39 is 12.1 Å². The lowest BCUT2D eigenvalue weighted by molar-refractivity contribution is 0.227. The molecule has 0 saturated heterocycles. The number of carbonyl (C=O) groups is 2. The first kappa shape index (κ1) is 14.3.